The maximum Gasteiger partial charge on any atom is 0.326 e. The highest BCUT2D eigenvalue weighted by Gasteiger charge is 2.24. The zero-order chi connectivity index (χ0) is 15.7. The van der Waals surface area contributed by atoms with Gasteiger partial charge in [-0.15, -0.1) is 0 Å². The highest BCUT2D eigenvalue weighted by atomic mass is 16.5. The first-order chi connectivity index (χ1) is 10.0. The normalized spacial score (nSPS) is 17.3. The fraction of sp³-hybridized carbons (Fsp3) is 0.786. The molecule has 1 saturated heterocycles. The standard InChI is InChI=1S/C14H24N2O5/c1-21-12(17)8-7-11(13(18)19)15-14(20)16-9-5-3-2-4-6-10-16/h11H,2-10H2,1H3,(H,15,20)(H,18,19)/t11-/m0/s1. The van der Waals surface area contributed by atoms with Gasteiger partial charge < -0.3 is 20.1 Å². The van der Waals surface area contributed by atoms with E-state index in [-0.39, 0.29) is 18.9 Å². The number of carbonyl (C=O) groups is 3. The molecule has 1 atom stereocenters. The summed E-state index contributed by atoms with van der Waals surface area (Å²) in [5.41, 5.74) is 0. The Balaban J connectivity index is 2.50. The predicted octanol–water partition coefficient (Wildman–Crippen LogP) is 1.37. The number of ether oxygens (including phenoxy) is 1. The number of hydrogen-bond acceptors (Lipinski definition) is 4. The predicted molar refractivity (Wildman–Crippen MR) is 75.9 cm³/mol. The monoisotopic (exact) mass is 300 g/mol. The minimum Gasteiger partial charge on any atom is -0.480 e. The van der Waals surface area contributed by atoms with E-state index in [1.165, 1.54) is 13.5 Å². The molecule has 0 aromatic rings. The number of nitrogens with one attached hydrogen (secondary N) is 1. The van der Waals surface area contributed by atoms with Crippen molar-refractivity contribution < 1.29 is 24.2 Å². The molecular weight excluding hydrogens is 276 g/mol. The van der Waals surface area contributed by atoms with E-state index >= 15 is 0 Å². The second-order valence-corrected chi connectivity index (χ2v) is 5.21. The molecule has 7 nitrogen and oxygen atoms in total. The minimum absolute atomic E-state index is 0.0294. The molecule has 1 fully saturated rings. The van der Waals surface area contributed by atoms with Crippen LogP contribution in [0.1, 0.15) is 44.9 Å². The average molecular weight is 300 g/mol. The van der Waals surface area contributed by atoms with Gasteiger partial charge in [0.1, 0.15) is 6.04 Å². The molecule has 1 heterocycles. The maximum atomic E-state index is 12.1. The lowest BCUT2D eigenvalue weighted by molar-refractivity contribution is -0.142. The van der Waals surface area contributed by atoms with E-state index in [1.807, 2.05) is 0 Å². The van der Waals surface area contributed by atoms with Crippen LogP contribution >= 0.6 is 0 Å². The van der Waals surface area contributed by atoms with Gasteiger partial charge >= 0.3 is 18.0 Å². The summed E-state index contributed by atoms with van der Waals surface area (Å²) in [6.07, 6.45) is 5.24. The number of carbonyl (C=O) groups excluding carboxylic acids is 2. The van der Waals surface area contributed by atoms with Crippen molar-refractivity contribution >= 4 is 18.0 Å². The van der Waals surface area contributed by atoms with Crippen LogP contribution in [0.15, 0.2) is 0 Å². The van der Waals surface area contributed by atoms with Crippen LogP contribution in [0.4, 0.5) is 4.79 Å². The minimum atomic E-state index is -1.14. The number of carboxylic acid groups (broad SMARTS) is 1. The Kier molecular flexibility index (Phi) is 7.56. The number of methoxy groups -OCH3 is 1. The molecule has 0 saturated carbocycles. The molecule has 1 aliphatic rings. The van der Waals surface area contributed by atoms with Gasteiger partial charge in [-0.2, -0.15) is 0 Å². The van der Waals surface area contributed by atoms with Gasteiger partial charge in [-0.1, -0.05) is 19.3 Å². The molecule has 0 aromatic heterocycles. The van der Waals surface area contributed by atoms with Gasteiger partial charge in [-0.3, -0.25) is 4.79 Å². The first-order valence-electron chi connectivity index (χ1n) is 7.39. The Morgan fingerprint density at radius 3 is 2.24 bits per heavy atom. The summed E-state index contributed by atoms with van der Waals surface area (Å²) in [5.74, 6) is -1.62. The van der Waals surface area contributed by atoms with Crippen molar-refractivity contribution in [3.63, 3.8) is 0 Å². The van der Waals surface area contributed by atoms with E-state index < -0.39 is 18.0 Å². The molecule has 2 amide bonds. The number of urea groups is 1. The zero-order valence-electron chi connectivity index (χ0n) is 12.5. The smallest absolute Gasteiger partial charge is 0.326 e. The largest absolute Gasteiger partial charge is 0.480 e. The van der Waals surface area contributed by atoms with Crippen molar-refractivity contribution in [2.45, 2.75) is 51.0 Å². The van der Waals surface area contributed by atoms with Crippen LogP contribution in [0.5, 0.6) is 0 Å². The quantitative estimate of drug-likeness (QED) is 0.748. The van der Waals surface area contributed by atoms with Crippen LogP contribution in [0.25, 0.3) is 0 Å². The molecule has 0 radical (unpaired) electrons. The van der Waals surface area contributed by atoms with Crippen molar-refractivity contribution in [1.82, 2.24) is 10.2 Å². The molecule has 1 rings (SSSR count). The van der Waals surface area contributed by atoms with Crippen LogP contribution in [0.3, 0.4) is 0 Å². The number of aliphatic carboxylic acids is 1. The Morgan fingerprint density at radius 2 is 1.71 bits per heavy atom. The molecule has 21 heavy (non-hydrogen) atoms. The molecule has 0 spiro atoms. The molecule has 2 N–H and O–H groups in total. The second kappa shape index (κ2) is 9.20. The Morgan fingerprint density at radius 1 is 1.14 bits per heavy atom. The number of carboxylic acids is 1. The van der Waals surface area contributed by atoms with Crippen LogP contribution in [0, 0.1) is 0 Å². The van der Waals surface area contributed by atoms with Gasteiger partial charge in [0.15, 0.2) is 0 Å². The molecule has 0 unspecified atom stereocenters. The lowest BCUT2D eigenvalue weighted by Gasteiger charge is -2.26. The first kappa shape index (κ1) is 17.3. The molecule has 120 valence electrons. The number of amides is 2. The van der Waals surface area contributed by atoms with Gasteiger partial charge in [0.2, 0.25) is 0 Å². The van der Waals surface area contributed by atoms with Gasteiger partial charge in [0.25, 0.3) is 0 Å². The lowest BCUT2D eigenvalue weighted by atomic mass is 10.1. The van der Waals surface area contributed by atoms with Crippen LogP contribution < -0.4 is 5.32 Å². The molecular formula is C14H24N2O5. The molecule has 7 heteroatoms. The van der Waals surface area contributed by atoms with Crippen molar-refractivity contribution in [3.05, 3.63) is 0 Å². The van der Waals surface area contributed by atoms with Gasteiger partial charge in [0.05, 0.1) is 7.11 Å². The zero-order valence-corrected chi connectivity index (χ0v) is 12.5. The van der Waals surface area contributed by atoms with E-state index in [1.54, 1.807) is 4.90 Å². The topological polar surface area (TPSA) is 95.9 Å². The van der Waals surface area contributed by atoms with Crippen LogP contribution in [-0.2, 0) is 14.3 Å². The summed E-state index contributed by atoms with van der Waals surface area (Å²) in [7, 11) is 1.25. The first-order valence-corrected chi connectivity index (χ1v) is 7.39. The number of likely N-dealkylation sites (tertiary alicyclic amines) is 1. The third-order valence-electron chi connectivity index (χ3n) is 3.60. The van der Waals surface area contributed by atoms with Crippen molar-refractivity contribution in [2.75, 3.05) is 20.2 Å². The molecule has 0 aliphatic carbocycles. The fourth-order valence-corrected chi connectivity index (χ4v) is 2.31. The number of hydrogen-bond donors (Lipinski definition) is 2. The van der Waals surface area contributed by atoms with Crippen molar-refractivity contribution in [3.8, 4) is 0 Å². The molecule has 0 bridgehead atoms. The number of nitrogens with zero attached hydrogens (tertiary/aromatic N) is 1. The summed E-state index contributed by atoms with van der Waals surface area (Å²) >= 11 is 0. The van der Waals surface area contributed by atoms with Gasteiger partial charge in [-0.25, -0.2) is 9.59 Å². The van der Waals surface area contributed by atoms with E-state index in [9.17, 15) is 14.4 Å². The van der Waals surface area contributed by atoms with E-state index in [0.717, 1.165) is 25.7 Å². The van der Waals surface area contributed by atoms with Crippen molar-refractivity contribution in [1.29, 1.82) is 0 Å². The van der Waals surface area contributed by atoms with E-state index in [2.05, 4.69) is 10.1 Å². The maximum absolute atomic E-state index is 12.1. The summed E-state index contributed by atoms with van der Waals surface area (Å²) < 4.78 is 4.48. The molecule has 1 aliphatic heterocycles. The fourth-order valence-electron chi connectivity index (χ4n) is 2.31. The highest BCUT2D eigenvalue weighted by Crippen LogP contribution is 2.11. The Hall–Kier alpha value is -1.79. The number of esters is 1. The summed E-state index contributed by atoms with van der Waals surface area (Å²) in [6.45, 7) is 1.30. The van der Waals surface area contributed by atoms with Crippen LogP contribution in [-0.4, -0.2) is 54.2 Å². The summed E-state index contributed by atoms with van der Waals surface area (Å²) in [4.78, 5) is 36.0. The summed E-state index contributed by atoms with van der Waals surface area (Å²) in [6, 6.07) is -1.43. The van der Waals surface area contributed by atoms with Crippen molar-refractivity contribution in [2.24, 2.45) is 0 Å². The Bertz CT molecular complexity index is 364. The van der Waals surface area contributed by atoms with E-state index in [4.69, 9.17) is 5.11 Å². The van der Waals surface area contributed by atoms with Crippen LogP contribution in [0.2, 0.25) is 0 Å². The van der Waals surface area contributed by atoms with Gasteiger partial charge in [0, 0.05) is 19.5 Å². The highest BCUT2D eigenvalue weighted by molar-refractivity contribution is 5.83. The van der Waals surface area contributed by atoms with Gasteiger partial charge in [-0.05, 0) is 19.3 Å². The Labute approximate surface area is 124 Å². The second-order valence-electron chi connectivity index (χ2n) is 5.21. The molecule has 0 aromatic carbocycles. The van der Waals surface area contributed by atoms with E-state index in [0.29, 0.717) is 13.1 Å². The third kappa shape index (κ3) is 6.46. The SMILES string of the molecule is COC(=O)CC[C@H](NC(=O)N1CCCCCCC1)C(=O)O. The summed E-state index contributed by atoms with van der Waals surface area (Å²) in [5, 5.41) is 11.6. The number of rotatable bonds is 5. The third-order valence-corrected chi connectivity index (χ3v) is 3.60. The average Bonchev–Trinajstić information content (AvgIpc) is 2.41. The lowest BCUT2D eigenvalue weighted by Crippen LogP contribution is -2.48.